The first-order valence-electron chi connectivity index (χ1n) is 5.12. The number of ketones is 1. The molecule has 0 bridgehead atoms. The van der Waals surface area contributed by atoms with Crippen LogP contribution in [0.25, 0.3) is 0 Å². The number of nitriles is 1. The molecule has 3 heteroatoms. The second kappa shape index (κ2) is 4.50. The van der Waals surface area contributed by atoms with Crippen LogP contribution < -0.4 is 5.73 Å². The van der Waals surface area contributed by atoms with Gasteiger partial charge < -0.3 is 5.73 Å². The molecular weight excluding hydrogens is 212 g/mol. The maximum atomic E-state index is 12.1. The third-order valence-corrected chi connectivity index (χ3v) is 2.46. The van der Waals surface area contributed by atoms with Crippen LogP contribution in [0, 0.1) is 11.3 Å². The van der Waals surface area contributed by atoms with E-state index in [2.05, 4.69) is 0 Å². The Morgan fingerprint density at radius 2 is 1.88 bits per heavy atom. The van der Waals surface area contributed by atoms with Gasteiger partial charge in [0.05, 0.1) is 11.6 Å². The maximum absolute atomic E-state index is 12.1. The van der Waals surface area contributed by atoms with Gasteiger partial charge in [-0.3, -0.25) is 4.79 Å². The Bertz CT molecular complexity index is 612. The second-order valence-corrected chi connectivity index (χ2v) is 3.61. The lowest BCUT2D eigenvalue weighted by molar-refractivity contribution is 0.103. The lowest BCUT2D eigenvalue weighted by Gasteiger charge is -2.04. The number of rotatable bonds is 2. The monoisotopic (exact) mass is 222 g/mol. The Hall–Kier alpha value is -2.60. The molecule has 0 spiro atoms. The molecule has 0 saturated heterocycles. The van der Waals surface area contributed by atoms with E-state index in [1.165, 1.54) is 0 Å². The van der Waals surface area contributed by atoms with Gasteiger partial charge in [0.1, 0.15) is 0 Å². The van der Waals surface area contributed by atoms with Crippen molar-refractivity contribution in [2.75, 3.05) is 5.73 Å². The number of carbonyl (C=O) groups excluding carboxylic acids is 1. The van der Waals surface area contributed by atoms with E-state index in [9.17, 15) is 4.79 Å². The highest BCUT2D eigenvalue weighted by Gasteiger charge is 2.11. The van der Waals surface area contributed by atoms with E-state index >= 15 is 0 Å². The van der Waals surface area contributed by atoms with Crippen LogP contribution in [-0.4, -0.2) is 5.78 Å². The van der Waals surface area contributed by atoms with Gasteiger partial charge in [-0.1, -0.05) is 24.3 Å². The Kier molecular flexibility index (Phi) is 2.89. The van der Waals surface area contributed by atoms with Crippen molar-refractivity contribution in [1.29, 1.82) is 5.26 Å². The van der Waals surface area contributed by atoms with Crippen LogP contribution in [0.3, 0.4) is 0 Å². The minimum absolute atomic E-state index is 0.166. The van der Waals surface area contributed by atoms with Crippen LogP contribution in [0.1, 0.15) is 21.5 Å². The molecular formula is C14H10N2O. The van der Waals surface area contributed by atoms with Crippen LogP contribution in [-0.2, 0) is 0 Å². The quantitative estimate of drug-likeness (QED) is 0.626. The molecule has 0 radical (unpaired) electrons. The lowest BCUT2D eigenvalue weighted by atomic mass is 10.0. The Balaban J connectivity index is 2.45. The number of carbonyl (C=O) groups is 1. The van der Waals surface area contributed by atoms with Crippen LogP contribution in [0.4, 0.5) is 5.69 Å². The average molecular weight is 222 g/mol. The molecule has 82 valence electrons. The van der Waals surface area contributed by atoms with E-state index in [0.717, 1.165) is 0 Å². The van der Waals surface area contributed by atoms with Crippen molar-refractivity contribution in [3.8, 4) is 6.07 Å². The van der Waals surface area contributed by atoms with E-state index in [1.807, 2.05) is 6.07 Å². The summed E-state index contributed by atoms with van der Waals surface area (Å²) in [7, 11) is 0. The molecule has 0 aliphatic rings. The van der Waals surface area contributed by atoms with Crippen molar-refractivity contribution >= 4 is 11.5 Å². The smallest absolute Gasteiger partial charge is 0.195 e. The fourth-order valence-electron chi connectivity index (χ4n) is 1.59. The van der Waals surface area contributed by atoms with E-state index in [-0.39, 0.29) is 5.78 Å². The predicted molar refractivity (Wildman–Crippen MR) is 65.4 cm³/mol. The molecule has 0 saturated carbocycles. The SMILES string of the molecule is N#Cc1cccc(C(=O)c2ccccc2N)c1. The molecule has 0 atom stereocenters. The summed E-state index contributed by atoms with van der Waals surface area (Å²) in [6, 6.07) is 15.5. The van der Waals surface area contributed by atoms with Gasteiger partial charge in [0.2, 0.25) is 0 Å². The Labute approximate surface area is 99.1 Å². The summed E-state index contributed by atoms with van der Waals surface area (Å²) < 4.78 is 0. The van der Waals surface area contributed by atoms with E-state index in [1.54, 1.807) is 48.5 Å². The van der Waals surface area contributed by atoms with Crippen LogP contribution in [0.5, 0.6) is 0 Å². The van der Waals surface area contributed by atoms with Gasteiger partial charge in [0.25, 0.3) is 0 Å². The van der Waals surface area contributed by atoms with Gasteiger partial charge in [-0.15, -0.1) is 0 Å². The van der Waals surface area contributed by atoms with Crippen LogP contribution in [0.2, 0.25) is 0 Å². The number of nitrogens with zero attached hydrogens (tertiary/aromatic N) is 1. The largest absolute Gasteiger partial charge is 0.398 e. The van der Waals surface area contributed by atoms with Crippen LogP contribution in [0.15, 0.2) is 48.5 Å². The Morgan fingerprint density at radius 1 is 1.12 bits per heavy atom. The summed E-state index contributed by atoms with van der Waals surface area (Å²) >= 11 is 0. The normalized spacial score (nSPS) is 9.59. The molecule has 2 N–H and O–H groups in total. The van der Waals surface area contributed by atoms with Gasteiger partial charge >= 0.3 is 0 Å². The number of benzene rings is 2. The highest BCUT2D eigenvalue weighted by molar-refractivity contribution is 6.12. The lowest BCUT2D eigenvalue weighted by Crippen LogP contribution is -2.05. The number of nitrogens with two attached hydrogens (primary N) is 1. The van der Waals surface area contributed by atoms with Crippen molar-refractivity contribution in [2.24, 2.45) is 0 Å². The first-order valence-corrected chi connectivity index (χ1v) is 5.12. The predicted octanol–water partition coefficient (Wildman–Crippen LogP) is 2.37. The summed E-state index contributed by atoms with van der Waals surface area (Å²) in [5.74, 6) is -0.166. The second-order valence-electron chi connectivity index (χ2n) is 3.61. The molecule has 0 unspecified atom stereocenters. The number of hydrogen-bond acceptors (Lipinski definition) is 3. The number of nitrogen functional groups attached to an aromatic ring is 1. The molecule has 2 aromatic rings. The zero-order valence-electron chi connectivity index (χ0n) is 9.05. The molecule has 0 aliphatic carbocycles. The van der Waals surface area contributed by atoms with Crippen molar-refractivity contribution in [3.05, 3.63) is 65.2 Å². The van der Waals surface area contributed by atoms with Gasteiger partial charge in [-0.05, 0) is 24.3 Å². The van der Waals surface area contributed by atoms with Crippen molar-refractivity contribution < 1.29 is 4.79 Å². The number of para-hydroxylation sites is 1. The van der Waals surface area contributed by atoms with E-state index in [0.29, 0.717) is 22.4 Å². The molecule has 0 amide bonds. The van der Waals surface area contributed by atoms with Crippen molar-refractivity contribution in [1.82, 2.24) is 0 Å². The molecule has 17 heavy (non-hydrogen) atoms. The molecule has 3 nitrogen and oxygen atoms in total. The van der Waals surface area contributed by atoms with Crippen molar-refractivity contribution in [3.63, 3.8) is 0 Å². The molecule has 0 aliphatic heterocycles. The zero-order chi connectivity index (χ0) is 12.3. The van der Waals surface area contributed by atoms with Gasteiger partial charge in [-0.2, -0.15) is 5.26 Å². The first kappa shape index (κ1) is 10.9. The number of anilines is 1. The highest BCUT2D eigenvalue weighted by Crippen LogP contribution is 2.16. The first-order chi connectivity index (χ1) is 8.22. The zero-order valence-corrected chi connectivity index (χ0v) is 9.05. The third kappa shape index (κ3) is 2.16. The summed E-state index contributed by atoms with van der Waals surface area (Å²) in [6.45, 7) is 0. The highest BCUT2D eigenvalue weighted by atomic mass is 16.1. The van der Waals surface area contributed by atoms with Gasteiger partial charge in [0, 0.05) is 16.8 Å². The van der Waals surface area contributed by atoms with Gasteiger partial charge in [-0.25, -0.2) is 0 Å². The Morgan fingerprint density at radius 3 is 2.59 bits per heavy atom. The topological polar surface area (TPSA) is 66.9 Å². The minimum Gasteiger partial charge on any atom is -0.398 e. The minimum atomic E-state index is -0.166. The summed E-state index contributed by atoms with van der Waals surface area (Å²) in [6.07, 6.45) is 0. The fraction of sp³-hybridized carbons (Fsp3) is 0. The van der Waals surface area contributed by atoms with Gasteiger partial charge in [0.15, 0.2) is 5.78 Å². The summed E-state index contributed by atoms with van der Waals surface area (Å²) in [5.41, 5.74) is 7.59. The summed E-state index contributed by atoms with van der Waals surface area (Å²) in [5, 5.41) is 8.78. The summed E-state index contributed by atoms with van der Waals surface area (Å²) in [4.78, 5) is 12.1. The fourth-order valence-corrected chi connectivity index (χ4v) is 1.59. The molecule has 2 rings (SSSR count). The third-order valence-electron chi connectivity index (χ3n) is 2.46. The average Bonchev–Trinajstić information content (AvgIpc) is 2.38. The van der Waals surface area contributed by atoms with E-state index in [4.69, 9.17) is 11.0 Å². The number of hydrogen-bond donors (Lipinski definition) is 1. The van der Waals surface area contributed by atoms with E-state index < -0.39 is 0 Å². The molecule has 2 aromatic carbocycles. The maximum Gasteiger partial charge on any atom is 0.195 e. The molecule has 0 heterocycles. The molecule has 0 fully saturated rings. The molecule has 0 aromatic heterocycles. The van der Waals surface area contributed by atoms with Crippen LogP contribution >= 0.6 is 0 Å². The van der Waals surface area contributed by atoms with Crippen molar-refractivity contribution in [2.45, 2.75) is 0 Å². The standard InChI is InChI=1S/C14H10N2O/c15-9-10-4-3-5-11(8-10)14(17)12-6-1-2-7-13(12)16/h1-8H,16H2.